The van der Waals surface area contributed by atoms with Crippen molar-refractivity contribution in [1.82, 2.24) is 0 Å². The van der Waals surface area contributed by atoms with Gasteiger partial charge in [0, 0.05) is 16.2 Å². The molecule has 0 N–H and O–H groups in total. The molecule has 0 atom stereocenters. The summed E-state index contributed by atoms with van der Waals surface area (Å²) in [6, 6.07) is 5.02. The van der Waals surface area contributed by atoms with Crippen LogP contribution in [0.1, 0.15) is 18.4 Å². The van der Waals surface area contributed by atoms with E-state index in [4.69, 9.17) is 27.0 Å². The SMILES string of the molecule is O=S(=O)(Cl)Cc1cccc(Cl)c1OCC1CC1. The van der Waals surface area contributed by atoms with Crippen molar-refractivity contribution in [3.63, 3.8) is 0 Å². The van der Waals surface area contributed by atoms with Crippen LogP contribution < -0.4 is 4.74 Å². The fourth-order valence-electron chi connectivity index (χ4n) is 1.50. The Hall–Kier alpha value is -0.450. The molecule has 0 aromatic heterocycles. The zero-order valence-corrected chi connectivity index (χ0v) is 11.4. The van der Waals surface area contributed by atoms with Gasteiger partial charge in [-0.05, 0) is 24.8 Å². The van der Waals surface area contributed by atoms with Gasteiger partial charge in [0.05, 0.1) is 17.4 Å². The molecule has 94 valence electrons. The Labute approximate surface area is 110 Å². The molecule has 17 heavy (non-hydrogen) atoms. The minimum Gasteiger partial charge on any atom is -0.491 e. The summed E-state index contributed by atoms with van der Waals surface area (Å²) < 4.78 is 27.7. The first kappa shape index (κ1) is 13.0. The van der Waals surface area contributed by atoms with E-state index in [1.807, 2.05) is 0 Å². The second kappa shape index (κ2) is 5.04. The van der Waals surface area contributed by atoms with Crippen LogP contribution in [0.2, 0.25) is 5.02 Å². The molecule has 0 aliphatic heterocycles. The van der Waals surface area contributed by atoms with Crippen molar-refractivity contribution in [3.8, 4) is 5.75 Å². The lowest BCUT2D eigenvalue weighted by Gasteiger charge is -2.11. The average molecular weight is 295 g/mol. The van der Waals surface area contributed by atoms with Gasteiger partial charge >= 0.3 is 0 Å². The molecule has 2 rings (SSSR count). The first-order valence-electron chi connectivity index (χ1n) is 5.28. The van der Waals surface area contributed by atoms with Crippen molar-refractivity contribution in [2.45, 2.75) is 18.6 Å². The highest BCUT2D eigenvalue weighted by molar-refractivity contribution is 8.13. The van der Waals surface area contributed by atoms with E-state index in [0.717, 1.165) is 12.8 Å². The Morgan fingerprint density at radius 2 is 2.06 bits per heavy atom. The fourth-order valence-corrected chi connectivity index (χ4v) is 2.70. The van der Waals surface area contributed by atoms with E-state index in [0.29, 0.717) is 28.9 Å². The smallest absolute Gasteiger partial charge is 0.236 e. The summed E-state index contributed by atoms with van der Waals surface area (Å²) >= 11 is 6.00. The van der Waals surface area contributed by atoms with Gasteiger partial charge in [-0.3, -0.25) is 0 Å². The Morgan fingerprint density at radius 1 is 1.35 bits per heavy atom. The van der Waals surface area contributed by atoms with Crippen molar-refractivity contribution in [3.05, 3.63) is 28.8 Å². The third kappa shape index (κ3) is 4.05. The van der Waals surface area contributed by atoms with Crippen LogP contribution in [-0.4, -0.2) is 15.0 Å². The van der Waals surface area contributed by atoms with Gasteiger partial charge in [0.15, 0.2) is 0 Å². The molecule has 0 spiro atoms. The van der Waals surface area contributed by atoms with Crippen LogP contribution in [0.5, 0.6) is 5.75 Å². The van der Waals surface area contributed by atoms with Crippen molar-refractivity contribution in [1.29, 1.82) is 0 Å². The molecule has 1 saturated carbocycles. The van der Waals surface area contributed by atoms with Gasteiger partial charge in [-0.2, -0.15) is 0 Å². The summed E-state index contributed by atoms with van der Waals surface area (Å²) in [7, 11) is 1.63. The van der Waals surface area contributed by atoms with Crippen LogP contribution >= 0.6 is 22.3 Å². The number of para-hydroxylation sites is 1. The predicted molar refractivity (Wildman–Crippen MR) is 68.1 cm³/mol. The van der Waals surface area contributed by atoms with E-state index >= 15 is 0 Å². The van der Waals surface area contributed by atoms with Crippen LogP contribution in [0, 0.1) is 5.92 Å². The quantitative estimate of drug-likeness (QED) is 0.783. The normalized spacial score (nSPS) is 15.9. The second-order valence-corrected chi connectivity index (χ2v) is 7.35. The van der Waals surface area contributed by atoms with Crippen LogP contribution in [0.15, 0.2) is 18.2 Å². The van der Waals surface area contributed by atoms with Gasteiger partial charge in [-0.1, -0.05) is 23.7 Å². The van der Waals surface area contributed by atoms with E-state index < -0.39 is 9.05 Å². The molecule has 0 radical (unpaired) electrons. The molecule has 3 nitrogen and oxygen atoms in total. The van der Waals surface area contributed by atoms with Crippen molar-refractivity contribution in [2.75, 3.05) is 6.61 Å². The lowest BCUT2D eigenvalue weighted by atomic mass is 10.2. The summed E-state index contributed by atoms with van der Waals surface area (Å²) in [5.74, 6) is 0.742. The maximum absolute atomic E-state index is 11.1. The standard InChI is InChI=1S/C11H12Cl2O3S/c12-10-3-1-2-9(7-17(13,14)15)11(10)16-6-8-4-5-8/h1-3,8H,4-7H2. The number of benzene rings is 1. The van der Waals surface area contributed by atoms with E-state index in [2.05, 4.69) is 0 Å². The lowest BCUT2D eigenvalue weighted by Crippen LogP contribution is -2.04. The minimum absolute atomic E-state index is 0.269. The Morgan fingerprint density at radius 3 is 2.65 bits per heavy atom. The number of ether oxygens (including phenoxy) is 1. The molecule has 1 aromatic carbocycles. The van der Waals surface area contributed by atoms with Crippen LogP contribution in [-0.2, 0) is 14.8 Å². The van der Waals surface area contributed by atoms with Gasteiger partial charge in [0.25, 0.3) is 0 Å². The van der Waals surface area contributed by atoms with Gasteiger partial charge < -0.3 is 4.74 Å². The average Bonchev–Trinajstić information content (AvgIpc) is 2.98. The first-order valence-corrected chi connectivity index (χ1v) is 8.14. The van der Waals surface area contributed by atoms with Gasteiger partial charge in [-0.15, -0.1) is 0 Å². The summed E-state index contributed by atoms with van der Waals surface area (Å²) in [5.41, 5.74) is 0.508. The van der Waals surface area contributed by atoms with E-state index in [1.165, 1.54) is 0 Å². The predicted octanol–water partition coefficient (Wildman–Crippen LogP) is 3.20. The maximum atomic E-state index is 11.1. The van der Waals surface area contributed by atoms with Gasteiger partial charge in [0.2, 0.25) is 9.05 Å². The molecule has 1 fully saturated rings. The van der Waals surface area contributed by atoms with E-state index in [-0.39, 0.29) is 5.75 Å². The Bertz CT molecular complexity index is 509. The lowest BCUT2D eigenvalue weighted by molar-refractivity contribution is 0.297. The van der Waals surface area contributed by atoms with Crippen molar-refractivity contribution in [2.24, 2.45) is 5.92 Å². The molecule has 1 aliphatic rings. The van der Waals surface area contributed by atoms with Gasteiger partial charge in [0.1, 0.15) is 5.75 Å². The summed E-state index contributed by atoms with van der Waals surface area (Å²) in [5, 5.41) is 0.420. The molecule has 0 saturated heterocycles. The molecule has 0 unspecified atom stereocenters. The molecule has 6 heteroatoms. The van der Waals surface area contributed by atoms with Gasteiger partial charge in [-0.25, -0.2) is 8.42 Å². The first-order chi connectivity index (χ1) is 7.96. The van der Waals surface area contributed by atoms with E-state index in [1.54, 1.807) is 18.2 Å². The largest absolute Gasteiger partial charge is 0.491 e. The number of hydrogen-bond donors (Lipinski definition) is 0. The molecule has 0 amide bonds. The fraction of sp³-hybridized carbons (Fsp3) is 0.455. The molecule has 0 heterocycles. The van der Waals surface area contributed by atoms with Crippen LogP contribution in [0.25, 0.3) is 0 Å². The third-order valence-electron chi connectivity index (χ3n) is 2.54. The molecular weight excluding hydrogens is 283 g/mol. The van der Waals surface area contributed by atoms with Crippen molar-refractivity contribution < 1.29 is 13.2 Å². The summed E-state index contributed by atoms with van der Waals surface area (Å²) in [6.45, 7) is 0.582. The topological polar surface area (TPSA) is 43.4 Å². The Kier molecular flexibility index (Phi) is 3.85. The number of hydrogen-bond acceptors (Lipinski definition) is 3. The second-order valence-electron chi connectivity index (χ2n) is 4.17. The zero-order valence-electron chi connectivity index (χ0n) is 9.03. The number of rotatable bonds is 5. The number of halogens is 2. The third-order valence-corrected chi connectivity index (χ3v) is 3.82. The molecule has 0 bridgehead atoms. The molecule has 1 aromatic rings. The monoisotopic (exact) mass is 294 g/mol. The highest BCUT2D eigenvalue weighted by Gasteiger charge is 2.23. The summed E-state index contributed by atoms with van der Waals surface area (Å²) in [6.07, 6.45) is 2.32. The zero-order chi connectivity index (χ0) is 12.5. The van der Waals surface area contributed by atoms with Crippen LogP contribution in [0.3, 0.4) is 0 Å². The molecular formula is C11H12Cl2O3S. The minimum atomic E-state index is -3.61. The highest BCUT2D eigenvalue weighted by atomic mass is 35.7. The summed E-state index contributed by atoms with van der Waals surface area (Å²) in [4.78, 5) is 0. The van der Waals surface area contributed by atoms with Crippen molar-refractivity contribution >= 4 is 31.3 Å². The molecule has 1 aliphatic carbocycles. The van der Waals surface area contributed by atoms with E-state index in [9.17, 15) is 8.42 Å². The maximum Gasteiger partial charge on any atom is 0.236 e. The van der Waals surface area contributed by atoms with Crippen LogP contribution in [0.4, 0.5) is 0 Å². The Balaban J connectivity index is 2.20. The highest BCUT2D eigenvalue weighted by Crippen LogP contribution is 2.34.